The first-order valence-electron chi connectivity index (χ1n) is 6.24. The molecule has 0 aromatic heterocycles. The maximum atomic E-state index is 3.43. The van der Waals surface area contributed by atoms with Crippen molar-refractivity contribution in [2.45, 2.75) is 38.6 Å². The van der Waals surface area contributed by atoms with E-state index in [4.69, 9.17) is 0 Å². The fraction of sp³-hybridized carbons (Fsp3) is 0.846. The third-order valence-corrected chi connectivity index (χ3v) is 3.47. The summed E-state index contributed by atoms with van der Waals surface area (Å²) in [6.07, 6.45) is 5.50. The van der Waals surface area contributed by atoms with Crippen molar-refractivity contribution in [1.82, 2.24) is 10.2 Å². The van der Waals surface area contributed by atoms with Crippen LogP contribution in [0, 0.1) is 17.8 Å². The van der Waals surface area contributed by atoms with Gasteiger partial charge in [-0.3, -0.25) is 4.90 Å². The summed E-state index contributed by atoms with van der Waals surface area (Å²) in [6.45, 7) is 6.63. The molecule has 1 N–H and O–H groups in total. The Morgan fingerprint density at radius 1 is 1.20 bits per heavy atom. The average molecular weight is 206 g/mol. The van der Waals surface area contributed by atoms with Crippen molar-refractivity contribution in [3.8, 4) is 11.8 Å². The summed E-state index contributed by atoms with van der Waals surface area (Å²) in [5.74, 6) is 7.14. The normalized spacial score (nSPS) is 22.5. The summed E-state index contributed by atoms with van der Waals surface area (Å²) in [5.41, 5.74) is 0. The van der Waals surface area contributed by atoms with Gasteiger partial charge in [0.2, 0.25) is 0 Å². The van der Waals surface area contributed by atoms with Crippen LogP contribution in [0.2, 0.25) is 0 Å². The van der Waals surface area contributed by atoms with E-state index in [0.717, 1.165) is 18.5 Å². The van der Waals surface area contributed by atoms with E-state index in [1.54, 1.807) is 0 Å². The second kappa shape index (κ2) is 5.53. The number of hydrogen-bond acceptors (Lipinski definition) is 2. The van der Waals surface area contributed by atoms with Crippen LogP contribution in [0.1, 0.15) is 32.6 Å². The molecule has 1 saturated carbocycles. The van der Waals surface area contributed by atoms with E-state index in [1.165, 1.54) is 45.3 Å². The molecule has 84 valence electrons. The molecule has 1 aliphatic carbocycles. The van der Waals surface area contributed by atoms with Crippen LogP contribution in [0.3, 0.4) is 0 Å². The summed E-state index contributed by atoms with van der Waals surface area (Å²) < 4.78 is 0. The maximum Gasteiger partial charge on any atom is 0.0603 e. The molecule has 2 fully saturated rings. The van der Waals surface area contributed by atoms with Gasteiger partial charge in [-0.15, -0.1) is 5.92 Å². The quantitative estimate of drug-likeness (QED) is 0.701. The van der Waals surface area contributed by atoms with Gasteiger partial charge in [0, 0.05) is 12.6 Å². The van der Waals surface area contributed by atoms with Crippen molar-refractivity contribution >= 4 is 0 Å². The number of rotatable bonds is 4. The van der Waals surface area contributed by atoms with Crippen LogP contribution in [0.15, 0.2) is 0 Å². The lowest BCUT2D eigenvalue weighted by Gasteiger charge is -2.28. The van der Waals surface area contributed by atoms with Gasteiger partial charge in [0.05, 0.1) is 6.54 Å². The zero-order valence-electron chi connectivity index (χ0n) is 9.76. The van der Waals surface area contributed by atoms with Crippen LogP contribution in [0.4, 0.5) is 0 Å². The molecule has 0 aromatic rings. The molecular formula is C13H22N2. The van der Waals surface area contributed by atoms with Gasteiger partial charge in [-0.2, -0.15) is 0 Å². The lowest BCUT2D eigenvalue weighted by atomic mass is 9.97. The molecule has 0 unspecified atom stereocenters. The Kier molecular flexibility index (Phi) is 4.05. The van der Waals surface area contributed by atoms with Crippen LogP contribution in [0.25, 0.3) is 0 Å². The van der Waals surface area contributed by atoms with Gasteiger partial charge in [-0.25, -0.2) is 0 Å². The third kappa shape index (κ3) is 3.52. The predicted molar refractivity (Wildman–Crippen MR) is 63.6 cm³/mol. The van der Waals surface area contributed by atoms with Crippen molar-refractivity contribution in [3.05, 3.63) is 0 Å². The number of hydrogen-bond donors (Lipinski definition) is 1. The Morgan fingerprint density at radius 3 is 2.53 bits per heavy atom. The molecule has 0 radical (unpaired) electrons. The van der Waals surface area contributed by atoms with E-state index in [9.17, 15) is 0 Å². The van der Waals surface area contributed by atoms with Crippen molar-refractivity contribution in [3.63, 3.8) is 0 Å². The molecule has 2 heteroatoms. The highest BCUT2D eigenvalue weighted by Crippen LogP contribution is 2.28. The van der Waals surface area contributed by atoms with E-state index < -0.39 is 0 Å². The maximum absolute atomic E-state index is 3.43. The molecule has 1 aliphatic heterocycles. The highest BCUT2D eigenvalue weighted by atomic mass is 15.2. The van der Waals surface area contributed by atoms with Crippen molar-refractivity contribution in [1.29, 1.82) is 0 Å². The second-order valence-corrected chi connectivity index (χ2v) is 4.78. The molecule has 1 saturated heterocycles. The Labute approximate surface area is 93.4 Å². The lowest BCUT2D eigenvalue weighted by molar-refractivity contribution is 0.217. The first-order valence-corrected chi connectivity index (χ1v) is 6.24. The Hall–Kier alpha value is -0.520. The SMILES string of the molecule is CC#CCN(CC1CCNCC1)C1CC1. The van der Waals surface area contributed by atoms with Gasteiger partial charge in [-0.05, 0) is 51.6 Å². The summed E-state index contributed by atoms with van der Waals surface area (Å²) in [6, 6.07) is 0.862. The Bertz CT molecular complexity index is 241. The zero-order valence-corrected chi connectivity index (χ0v) is 9.76. The average Bonchev–Trinajstić information content (AvgIpc) is 3.09. The van der Waals surface area contributed by atoms with E-state index in [2.05, 4.69) is 22.1 Å². The first kappa shape index (κ1) is 11.0. The zero-order chi connectivity index (χ0) is 10.5. The van der Waals surface area contributed by atoms with Crippen LogP contribution in [0.5, 0.6) is 0 Å². The molecule has 0 aromatic carbocycles. The standard InChI is InChI=1S/C13H22N2/c1-2-3-10-15(13-4-5-13)11-12-6-8-14-9-7-12/h12-14H,4-11H2,1H3. The fourth-order valence-corrected chi connectivity index (χ4v) is 2.36. The van der Waals surface area contributed by atoms with E-state index >= 15 is 0 Å². The predicted octanol–water partition coefficient (Wildman–Crippen LogP) is 1.47. The Balaban J connectivity index is 1.78. The fourth-order valence-electron chi connectivity index (χ4n) is 2.36. The number of nitrogens with zero attached hydrogens (tertiary/aromatic N) is 1. The molecule has 0 atom stereocenters. The molecule has 15 heavy (non-hydrogen) atoms. The molecule has 2 rings (SSSR count). The van der Waals surface area contributed by atoms with Crippen molar-refractivity contribution < 1.29 is 0 Å². The molecule has 2 aliphatic rings. The molecule has 0 bridgehead atoms. The summed E-state index contributed by atoms with van der Waals surface area (Å²) >= 11 is 0. The van der Waals surface area contributed by atoms with E-state index in [0.29, 0.717) is 0 Å². The number of piperidine rings is 1. The smallest absolute Gasteiger partial charge is 0.0603 e. The minimum atomic E-state index is 0.862. The van der Waals surface area contributed by atoms with Crippen molar-refractivity contribution in [2.75, 3.05) is 26.2 Å². The summed E-state index contributed by atoms with van der Waals surface area (Å²) in [4.78, 5) is 2.60. The molecule has 0 spiro atoms. The van der Waals surface area contributed by atoms with Gasteiger partial charge < -0.3 is 5.32 Å². The first-order chi connectivity index (χ1) is 7.40. The Morgan fingerprint density at radius 2 is 1.93 bits per heavy atom. The highest BCUT2D eigenvalue weighted by molar-refractivity contribution is 5.01. The van der Waals surface area contributed by atoms with Crippen LogP contribution >= 0.6 is 0 Å². The monoisotopic (exact) mass is 206 g/mol. The molecule has 0 amide bonds. The van der Waals surface area contributed by atoms with Crippen molar-refractivity contribution in [2.24, 2.45) is 5.92 Å². The van der Waals surface area contributed by atoms with Gasteiger partial charge in [-0.1, -0.05) is 5.92 Å². The molecule has 2 nitrogen and oxygen atoms in total. The largest absolute Gasteiger partial charge is 0.317 e. The van der Waals surface area contributed by atoms with Gasteiger partial charge in [0.15, 0.2) is 0 Å². The van der Waals surface area contributed by atoms with Gasteiger partial charge in [0.1, 0.15) is 0 Å². The minimum Gasteiger partial charge on any atom is -0.317 e. The van der Waals surface area contributed by atoms with E-state index in [-0.39, 0.29) is 0 Å². The second-order valence-electron chi connectivity index (χ2n) is 4.78. The number of nitrogens with one attached hydrogen (secondary N) is 1. The molecule has 1 heterocycles. The third-order valence-electron chi connectivity index (χ3n) is 3.47. The molecular weight excluding hydrogens is 184 g/mol. The van der Waals surface area contributed by atoms with Crippen LogP contribution < -0.4 is 5.32 Å². The summed E-state index contributed by atoms with van der Waals surface area (Å²) in [7, 11) is 0. The topological polar surface area (TPSA) is 15.3 Å². The van der Waals surface area contributed by atoms with Gasteiger partial charge in [0.25, 0.3) is 0 Å². The van der Waals surface area contributed by atoms with Crippen LogP contribution in [-0.4, -0.2) is 37.1 Å². The lowest BCUT2D eigenvalue weighted by Crippen LogP contribution is -2.37. The van der Waals surface area contributed by atoms with Crippen LogP contribution in [-0.2, 0) is 0 Å². The van der Waals surface area contributed by atoms with E-state index in [1.807, 2.05) is 6.92 Å². The van der Waals surface area contributed by atoms with Gasteiger partial charge >= 0.3 is 0 Å². The summed E-state index contributed by atoms with van der Waals surface area (Å²) in [5, 5.41) is 3.43. The minimum absolute atomic E-state index is 0.862. The highest BCUT2D eigenvalue weighted by Gasteiger charge is 2.30.